The van der Waals surface area contributed by atoms with Gasteiger partial charge >= 0.3 is 0 Å². The molecular formula is C14H32N2O2S2. The normalized spacial score (nSPS) is 11.8. The van der Waals surface area contributed by atoms with Gasteiger partial charge in [-0.25, -0.2) is 0 Å². The van der Waals surface area contributed by atoms with Gasteiger partial charge in [-0.1, -0.05) is 21.6 Å². The first-order valence-electron chi connectivity index (χ1n) is 7.02. The smallest absolute Gasteiger partial charge is 0.231 e. The summed E-state index contributed by atoms with van der Waals surface area (Å²) in [6, 6.07) is 0.369. The van der Waals surface area contributed by atoms with E-state index in [9.17, 15) is 9.59 Å². The van der Waals surface area contributed by atoms with E-state index in [0.29, 0.717) is 12.2 Å². The van der Waals surface area contributed by atoms with Crippen LogP contribution in [0.1, 0.15) is 57.2 Å². The highest BCUT2D eigenvalue weighted by molar-refractivity contribution is 8.77. The fourth-order valence-corrected chi connectivity index (χ4v) is 3.92. The topological polar surface area (TPSA) is 58.2 Å². The van der Waals surface area contributed by atoms with Gasteiger partial charge in [-0.3, -0.25) is 9.59 Å². The number of carbonyl (C=O) groups excluding carboxylic acids is 2. The second-order valence-electron chi connectivity index (χ2n) is 6.05. The van der Waals surface area contributed by atoms with E-state index in [1.165, 1.54) is 0 Å². The molecule has 0 aromatic heterocycles. The summed E-state index contributed by atoms with van der Waals surface area (Å²) in [6.45, 7) is 12.0. The second kappa shape index (κ2) is 9.55. The lowest BCUT2D eigenvalue weighted by atomic mass is 10.1. The maximum atomic E-state index is 11.6. The summed E-state index contributed by atoms with van der Waals surface area (Å²) in [4.78, 5) is 23.1. The molecule has 0 aliphatic carbocycles. The molecule has 0 unspecified atom stereocenters. The molecule has 0 fully saturated rings. The third-order valence-electron chi connectivity index (χ3n) is 2.33. The molecule has 0 spiro atoms. The van der Waals surface area contributed by atoms with Crippen LogP contribution in [-0.4, -0.2) is 34.4 Å². The maximum absolute atomic E-state index is 11.6. The Morgan fingerprint density at radius 3 is 2.05 bits per heavy atom. The predicted molar refractivity (Wildman–Crippen MR) is 94.1 cm³/mol. The van der Waals surface area contributed by atoms with Crippen molar-refractivity contribution in [2.75, 3.05) is 5.75 Å². The SMILES string of the molecule is CC(C)NC(=O)CCC(C)(C)SSCC(=O)NC(C)C.[HH].[HH]. The van der Waals surface area contributed by atoms with Gasteiger partial charge in [-0.2, -0.15) is 0 Å². The fraction of sp³-hybridized carbons (Fsp3) is 0.857. The Morgan fingerprint density at radius 1 is 1.05 bits per heavy atom. The summed E-state index contributed by atoms with van der Waals surface area (Å²) in [7, 11) is 3.22. The third-order valence-corrected chi connectivity index (χ3v) is 5.54. The molecule has 6 heteroatoms. The van der Waals surface area contributed by atoms with Gasteiger partial charge < -0.3 is 10.6 Å². The zero-order valence-electron chi connectivity index (χ0n) is 13.4. The summed E-state index contributed by atoms with van der Waals surface area (Å²) in [5, 5.41) is 5.76. The highest BCUT2D eigenvalue weighted by Crippen LogP contribution is 2.38. The van der Waals surface area contributed by atoms with Gasteiger partial charge in [0.1, 0.15) is 0 Å². The van der Waals surface area contributed by atoms with Crippen LogP contribution in [0.15, 0.2) is 0 Å². The molecule has 0 aliphatic heterocycles. The third kappa shape index (κ3) is 11.5. The van der Waals surface area contributed by atoms with Crippen molar-refractivity contribution in [1.29, 1.82) is 0 Å². The maximum Gasteiger partial charge on any atom is 0.231 e. The van der Waals surface area contributed by atoms with Crippen LogP contribution in [0.25, 0.3) is 0 Å². The molecule has 2 amide bonds. The zero-order chi connectivity index (χ0) is 15.8. The van der Waals surface area contributed by atoms with Crippen LogP contribution >= 0.6 is 21.6 Å². The van der Waals surface area contributed by atoms with Gasteiger partial charge in [0.05, 0.1) is 5.75 Å². The minimum atomic E-state index is -0.0168. The van der Waals surface area contributed by atoms with Crippen molar-refractivity contribution in [1.82, 2.24) is 10.6 Å². The van der Waals surface area contributed by atoms with Crippen molar-refractivity contribution in [3.8, 4) is 0 Å². The predicted octanol–water partition coefficient (Wildman–Crippen LogP) is 3.47. The molecule has 122 valence electrons. The largest absolute Gasteiger partial charge is 0.354 e. The highest BCUT2D eigenvalue weighted by Gasteiger charge is 2.21. The summed E-state index contributed by atoms with van der Waals surface area (Å²) in [6.07, 6.45) is 1.33. The number of carbonyl (C=O) groups is 2. The molecule has 4 nitrogen and oxygen atoms in total. The van der Waals surface area contributed by atoms with Crippen molar-refractivity contribution in [2.24, 2.45) is 0 Å². The summed E-state index contributed by atoms with van der Waals surface area (Å²) >= 11 is 0. The first-order valence-corrected chi connectivity index (χ1v) is 9.33. The Morgan fingerprint density at radius 2 is 1.55 bits per heavy atom. The Labute approximate surface area is 134 Å². The lowest BCUT2D eigenvalue weighted by Gasteiger charge is -2.23. The molecule has 0 rings (SSSR count). The number of hydrogen-bond donors (Lipinski definition) is 2. The van der Waals surface area contributed by atoms with Crippen LogP contribution in [0, 0.1) is 0 Å². The molecule has 0 saturated heterocycles. The van der Waals surface area contributed by atoms with Crippen molar-refractivity contribution >= 4 is 33.4 Å². The molecule has 0 saturated carbocycles. The molecule has 0 aromatic rings. The van der Waals surface area contributed by atoms with Crippen LogP contribution in [0.3, 0.4) is 0 Å². The van der Waals surface area contributed by atoms with E-state index in [4.69, 9.17) is 0 Å². The molecule has 0 aromatic carbocycles. The molecule has 0 atom stereocenters. The summed E-state index contributed by atoms with van der Waals surface area (Å²) < 4.78 is -0.0168. The highest BCUT2D eigenvalue weighted by atomic mass is 33.1. The van der Waals surface area contributed by atoms with E-state index >= 15 is 0 Å². The molecule has 0 heterocycles. The Kier molecular flexibility index (Phi) is 9.38. The van der Waals surface area contributed by atoms with E-state index in [1.54, 1.807) is 21.6 Å². The minimum Gasteiger partial charge on any atom is -0.354 e. The van der Waals surface area contributed by atoms with Crippen molar-refractivity contribution in [3.05, 3.63) is 0 Å². The minimum absolute atomic E-state index is 0. The van der Waals surface area contributed by atoms with Gasteiger partial charge in [-0.15, -0.1) is 0 Å². The van der Waals surface area contributed by atoms with Gasteiger partial charge in [0.2, 0.25) is 11.8 Å². The average Bonchev–Trinajstić information content (AvgIpc) is 2.24. The Bertz CT molecular complexity index is 328. The van der Waals surface area contributed by atoms with E-state index in [2.05, 4.69) is 24.5 Å². The first-order chi connectivity index (χ1) is 9.12. The molecule has 0 radical (unpaired) electrons. The van der Waals surface area contributed by atoms with Crippen LogP contribution < -0.4 is 10.6 Å². The molecule has 2 N–H and O–H groups in total. The van der Waals surface area contributed by atoms with E-state index < -0.39 is 0 Å². The number of amides is 2. The Hall–Kier alpha value is -0.360. The van der Waals surface area contributed by atoms with E-state index in [1.807, 2.05) is 27.7 Å². The molecule has 0 bridgehead atoms. The quantitative estimate of drug-likeness (QED) is 0.638. The van der Waals surface area contributed by atoms with Crippen LogP contribution in [0.4, 0.5) is 0 Å². The van der Waals surface area contributed by atoms with Crippen LogP contribution in [0.5, 0.6) is 0 Å². The lowest BCUT2D eigenvalue weighted by molar-refractivity contribution is -0.122. The van der Waals surface area contributed by atoms with Crippen molar-refractivity contribution in [2.45, 2.75) is 71.2 Å². The van der Waals surface area contributed by atoms with Crippen LogP contribution in [-0.2, 0) is 9.59 Å². The van der Waals surface area contributed by atoms with Crippen LogP contribution in [0.2, 0.25) is 0 Å². The monoisotopic (exact) mass is 324 g/mol. The Balaban J connectivity index is -0.00000180. The summed E-state index contributed by atoms with van der Waals surface area (Å²) in [5.41, 5.74) is 0. The van der Waals surface area contributed by atoms with Gasteiger partial charge in [-0.05, 0) is 48.0 Å². The van der Waals surface area contributed by atoms with Gasteiger partial charge in [0.25, 0.3) is 0 Å². The lowest BCUT2D eigenvalue weighted by Crippen LogP contribution is -2.32. The van der Waals surface area contributed by atoms with Crippen molar-refractivity contribution < 1.29 is 12.4 Å². The van der Waals surface area contributed by atoms with Crippen molar-refractivity contribution in [3.63, 3.8) is 0 Å². The van der Waals surface area contributed by atoms with E-state index in [-0.39, 0.29) is 31.5 Å². The molecule has 20 heavy (non-hydrogen) atoms. The standard InChI is InChI=1S/C14H28N2O2S2.2H2/c1-10(2)15-12(17)7-8-14(5,6)20-19-9-13(18)16-11(3)4;;/h10-11H,7-9H2,1-6H3,(H,15,17)(H,16,18);2*1H. The fourth-order valence-electron chi connectivity index (χ4n) is 1.46. The van der Waals surface area contributed by atoms with E-state index in [0.717, 1.165) is 6.42 Å². The molecule has 0 aliphatic rings. The first kappa shape index (κ1) is 19.6. The number of rotatable bonds is 9. The number of hydrogen-bond acceptors (Lipinski definition) is 4. The van der Waals surface area contributed by atoms with Gasteiger partial charge in [0, 0.05) is 26.1 Å². The van der Waals surface area contributed by atoms with Gasteiger partial charge in [0.15, 0.2) is 0 Å². The summed E-state index contributed by atoms with van der Waals surface area (Å²) in [5.74, 6) is 0.604. The zero-order valence-corrected chi connectivity index (χ0v) is 15.0. The second-order valence-corrected chi connectivity index (χ2v) is 9.05. The molecular weight excluding hydrogens is 292 g/mol. The average molecular weight is 325 g/mol. The number of nitrogens with one attached hydrogen (secondary N) is 2.